The van der Waals surface area contributed by atoms with Gasteiger partial charge in [-0.15, -0.1) is 0 Å². The maximum atomic E-state index is 11.8. The molecule has 3 N–H and O–H groups in total. The molecule has 2 saturated carbocycles. The standard InChI is InChI=1S/C14H25N3O/c15-13-3-1-2-11-7-17(8-12(11)13)9-14(18)16-6-10-4-5-10/h10-13H,1-9,15H2,(H,16,18). The smallest absolute Gasteiger partial charge is 0.234 e. The Hall–Kier alpha value is -0.610. The van der Waals surface area contributed by atoms with Crippen molar-refractivity contribution >= 4 is 5.91 Å². The molecule has 0 aromatic rings. The van der Waals surface area contributed by atoms with Gasteiger partial charge >= 0.3 is 0 Å². The summed E-state index contributed by atoms with van der Waals surface area (Å²) in [7, 11) is 0. The van der Waals surface area contributed by atoms with Crippen molar-refractivity contribution < 1.29 is 4.79 Å². The van der Waals surface area contributed by atoms with Crippen LogP contribution in [-0.4, -0.2) is 43.0 Å². The van der Waals surface area contributed by atoms with Crippen molar-refractivity contribution in [3.8, 4) is 0 Å². The Balaban J connectivity index is 1.44. The third-order valence-electron chi connectivity index (χ3n) is 4.88. The number of fused-ring (bicyclic) bond motifs is 1. The van der Waals surface area contributed by atoms with Crippen LogP contribution in [0.3, 0.4) is 0 Å². The number of likely N-dealkylation sites (tertiary alicyclic amines) is 1. The molecule has 0 aromatic heterocycles. The van der Waals surface area contributed by atoms with Crippen LogP contribution in [0.25, 0.3) is 0 Å². The molecule has 1 amide bonds. The minimum absolute atomic E-state index is 0.203. The van der Waals surface area contributed by atoms with Gasteiger partial charge in [0.1, 0.15) is 0 Å². The second kappa shape index (κ2) is 5.17. The highest BCUT2D eigenvalue weighted by Gasteiger charge is 2.39. The van der Waals surface area contributed by atoms with E-state index in [9.17, 15) is 4.79 Å². The van der Waals surface area contributed by atoms with Crippen LogP contribution in [0.1, 0.15) is 32.1 Å². The summed E-state index contributed by atoms with van der Waals surface area (Å²) in [5, 5.41) is 3.05. The Bertz CT molecular complexity index is 316. The fourth-order valence-electron chi connectivity index (χ4n) is 3.58. The van der Waals surface area contributed by atoms with Gasteiger partial charge in [0, 0.05) is 25.7 Å². The summed E-state index contributed by atoms with van der Waals surface area (Å²) in [5.74, 6) is 2.35. The molecule has 4 heteroatoms. The van der Waals surface area contributed by atoms with Gasteiger partial charge in [0.2, 0.25) is 5.91 Å². The SMILES string of the molecule is NC1CCCC2CN(CC(=O)NCC3CC3)CC12. The van der Waals surface area contributed by atoms with Crippen molar-refractivity contribution in [2.45, 2.75) is 38.1 Å². The number of carbonyl (C=O) groups excluding carboxylic acids is 1. The van der Waals surface area contributed by atoms with Gasteiger partial charge in [-0.2, -0.15) is 0 Å². The molecule has 0 radical (unpaired) electrons. The Morgan fingerprint density at radius 2 is 2.06 bits per heavy atom. The van der Waals surface area contributed by atoms with E-state index >= 15 is 0 Å². The zero-order chi connectivity index (χ0) is 12.5. The maximum absolute atomic E-state index is 11.8. The van der Waals surface area contributed by atoms with Gasteiger partial charge in [-0.1, -0.05) is 6.42 Å². The average Bonchev–Trinajstić information content (AvgIpc) is 3.07. The molecule has 18 heavy (non-hydrogen) atoms. The number of hydrogen-bond acceptors (Lipinski definition) is 3. The normalized spacial score (nSPS) is 36.4. The van der Waals surface area contributed by atoms with Crippen molar-refractivity contribution in [3.05, 3.63) is 0 Å². The minimum Gasteiger partial charge on any atom is -0.355 e. The molecule has 4 nitrogen and oxygen atoms in total. The topological polar surface area (TPSA) is 58.4 Å². The van der Waals surface area contributed by atoms with Crippen LogP contribution < -0.4 is 11.1 Å². The molecule has 1 aliphatic heterocycles. The summed E-state index contributed by atoms with van der Waals surface area (Å²) < 4.78 is 0. The van der Waals surface area contributed by atoms with E-state index in [1.807, 2.05) is 0 Å². The average molecular weight is 251 g/mol. The van der Waals surface area contributed by atoms with Gasteiger partial charge in [-0.3, -0.25) is 9.69 Å². The Labute approximate surface area is 109 Å². The van der Waals surface area contributed by atoms with Crippen LogP contribution in [0, 0.1) is 17.8 Å². The Morgan fingerprint density at radius 1 is 1.22 bits per heavy atom. The number of nitrogens with one attached hydrogen (secondary N) is 1. The molecule has 3 fully saturated rings. The third-order valence-corrected chi connectivity index (χ3v) is 4.88. The maximum Gasteiger partial charge on any atom is 0.234 e. The molecule has 3 rings (SSSR count). The first-order valence-electron chi connectivity index (χ1n) is 7.47. The summed E-state index contributed by atoms with van der Waals surface area (Å²) in [6, 6.07) is 0.364. The van der Waals surface area contributed by atoms with Crippen LogP contribution in [0.2, 0.25) is 0 Å². The summed E-state index contributed by atoms with van der Waals surface area (Å²) in [4.78, 5) is 14.1. The molecule has 3 aliphatic rings. The molecule has 0 spiro atoms. The van der Waals surface area contributed by atoms with Crippen LogP contribution in [0.5, 0.6) is 0 Å². The summed E-state index contributed by atoms with van der Waals surface area (Å²) in [6.45, 7) is 3.57. The molecule has 0 aromatic carbocycles. The molecule has 0 bridgehead atoms. The zero-order valence-electron chi connectivity index (χ0n) is 11.1. The number of hydrogen-bond donors (Lipinski definition) is 2. The molecule has 3 unspecified atom stereocenters. The minimum atomic E-state index is 0.203. The first-order chi connectivity index (χ1) is 8.72. The predicted octanol–water partition coefficient (Wildman–Crippen LogP) is 0.572. The van der Waals surface area contributed by atoms with Gasteiger partial charge in [0.25, 0.3) is 0 Å². The lowest BCUT2D eigenvalue weighted by atomic mass is 9.78. The van der Waals surface area contributed by atoms with E-state index in [2.05, 4.69) is 10.2 Å². The third kappa shape index (κ3) is 2.86. The van der Waals surface area contributed by atoms with Gasteiger partial charge in [-0.25, -0.2) is 0 Å². The zero-order valence-corrected chi connectivity index (χ0v) is 11.1. The van der Waals surface area contributed by atoms with Gasteiger partial charge in [-0.05, 0) is 43.4 Å². The Kier molecular flexibility index (Phi) is 3.57. The summed E-state index contributed by atoms with van der Waals surface area (Å²) >= 11 is 0. The Morgan fingerprint density at radius 3 is 2.78 bits per heavy atom. The van der Waals surface area contributed by atoms with E-state index in [1.54, 1.807) is 0 Å². The predicted molar refractivity (Wildman–Crippen MR) is 71.0 cm³/mol. The second-order valence-electron chi connectivity index (χ2n) is 6.46. The summed E-state index contributed by atoms with van der Waals surface area (Å²) in [5.41, 5.74) is 6.19. The molecule has 1 saturated heterocycles. The highest BCUT2D eigenvalue weighted by Crippen LogP contribution is 2.35. The van der Waals surface area contributed by atoms with Gasteiger partial charge in [0.15, 0.2) is 0 Å². The van der Waals surface area contributed by atoms with Crippen molar-refractivity contribution in [2.24, 2.45) is 23.5 Å². The van der Waals surface area contributed by atoms with Crippen molar-refractivity contribution in [1.29, 1.82) is 0 Å². The lowest BCUT2D eigenvalue weighted by molar-refractivity contribution is -0.122. The van der Waals surface area contributed by atoms with E-state index in [1.165, 1.54) is 32.1 Å². The molecule has 102 valence electrons. The molecular weight excluding hydrogens is 226 g/mol. The number of carbonyl (C=O) groups is 1. The van der Waals surface area contributed by atoms with E-state index < -0.39 is 0 Å². The largest absolute Gasteiger partial charge is 0.355 e. The molecular formula is C14H25N3O. The number of nitrogens with zero attached hydrogens (tertiary/aromatic N) is 1. The lowest BCUT2D eigenvalue weighted by Gasteiger charge is -2.29. The number of nitrogens with two attached hydrogens (primary N) is 1. The molecule has 2 aliphatic carbocycles. The fourth-order valence-corrected chi connectivity index (χ4v) is 3.58. The van der Waals surface area contributed by atoms with E-state index in [0.717, 1.165) is 31.5 Å². The monoisotopic (exact) mass is 251 g/mol. The highest BCUT2D eigenvalue weighted by atomic mass is 16.2. The quantitative estimate of drug-likeness (QED) is 0.768. The van der Waals surface area contributed by atoms with Crippen LogP contribution >= 0.6 is 0 Å². The number of amides is 1. The van der Waals surface area contributed by atoms with Crippen LogP contribution in [0.4, 0.5) is 0 Å². The molecule has 3 atom stereocenters. The van der Waals surface area contributed by atoms with E-state index in [4.69, 9.17) is 5.73 Å². The first kappa shape index (κ1) is 12.4. The molecule has 1 heterocycles. The van der Waals surface area contributed by atoms with E-state index in [-0.39, 0.29) is 5.91 Å². The van der Waals surface area contributed by atoms with E-state index in [0.29, 0.717) is 18.5 Å². The summed E-state index contributed by atoms with van der Waals surface area (Å²) in [6.07, 6.45) is 6.33. The van der Waals surface area contributed by atoms with Crippen molar-refractivity contribution in [1.82, 2.24) is 10.2 Å². The van der Waals surface area contributed by atoms with Crippen LogP contribution in [0.15, 0.2) is 0 Å². The number of rotatable bonds is 4. The van der Waals surface area contributed by atoms with Gasteiger partial charge < -0.3 is 11.1 Å². The fraction of sp³-hybridized carbons (Fsp3) is 0.929. The van der Waals surface area contributed by atoms with Gasteiger partial charge in [0.05, 0.1) is 6.54 Å². The first-order valence-corrected chi connectivity index (χ1v) is 7.47. The highest BCUT2D eigenvalue weighted by molar-refractivity contribution is 5.78. The lowest BCUT2D eigenvalue weighted by Crippen LogP contribution is -2.39. The second-order valence-corrected chi connectivity index (χ2v) is 6.46. The van der Waals surface area contributed by atoms with Crippen molar-refractivity contribution in [3.63, 3.8) is 0 Å². The van der Waals surface area contributed by atoms with Crippen LogP contribution in [-0.2, 0) is 4.79 Å². The van der Waals surface area contributed by atoms with Crippen molar-refractivity contribution in [2.75, 3.05) is 26.2 Å².